The lowest BCUT2D eigenvalue weighted by Gasteiger charge is -2.05. The van der Waals surface area contributed by atoms with E-state index >= 15 is 0 Å². The molecule has 0 radical (unpaired) electrons. The van der Waals surface area contributed by atoms with Crippen molar-refractivity contribution < 1.29 is 14.6 Å². The van der Waals surface area contributed by atoms with Crippen LogP contribution in [0.5, 0.6) is 0 Å². The summed E-state index contributed by atoms with van der Waals surface area (Å²) in [4.78, 5) is 10.2. The highest BCUT2D eigenvalue weighted by molar-refractivity contribution is 5.56. The highest BCUT2D eigenvalue weighted by Crippen LogP contribution is 2.10. The number of aryl methyl sites for hydroxylation is 1. The summed E-state index contributed by atoms with van der Waals surface area (Å²) in [6, 6.07) is 7.66. The van der Waals surface area contributed by atoms with Crippen molar-refractivity contribution in [1.82, 2.24) is 0 Å². The summed E-state index contributed by atoms with van der Waals surface area (Å²) in [6.07, 6.45) is -0.343. The first-order valence-electron chi connectivity index (χ1n) is 4.16. The van der Waals surface area contributed by atoms with Crippen LogP contribution in [0, 0.1) is 0 Å². The summed E-state index contributed by atoms with van der Waals surface area (Å²) in [7, 11) is 0. The molecule has 0 aliphatic carbocycles. The van der Waals surface area contributed by atoms with Crippen molar-refractivity contribution >= 4 is 6.16 Å². The van der Waals surface area contributed by atoms with E-state index in [4.69, 9.17) is 5.11 Å². The maximum absolute atomic E-state index is 10.2. The molecule has 0 spiro atoms. The van der Waals surface area contributed by atoms with Crippen LogP contribution in [0.3, 0.4) is 0 Å². The van der Waals surface area contributed by atoms with Crippen molar-refractivity contribution in [2.45, 2.75) is 20.0 Å². The summed E-state index contributed by atoms with van der Waals surface area (Å²) < 4.78 is 4.49. The van der Waals surface area contributed by atoms with Crippen LogP contribution in [0.25, 0.3) is 0 Å². The maximum atomic E-state index is 10.2. The molecule has 1 N–H and O–H groups in total. The van der Waals surface area contributed by atoms with E-state index in [1.165, 1.54) is 0 Å². The smallest absolute Gasteiger partial charge is 0.450 e. The number of carboxylic acid groups (broad SMARTS) is 1. The topological polar surface area (TPSA) is 46.5 Å². The van der Waals surface area contributed by atoms with Gasteiger partial charge >= 0.3 is 6.16 Å². The normalized spacial score (nSPS) is 9.62. The largest absolute Gasteiger partial charge is 0.506 e. The molecule has 1 aromatic carbocycles. The van der Waals surface area contributed by atoms with Gasteiger partial charge in [0.2, 0.25) is 0 Å². The molecule has 3 heteroatoms. The van der Waals surface area contributed by atoms with Gasteiger partial charge in [0.1, 0.15) is 6.61 Å². The van der Waals surface area contributed by atoms with Gasteiger partial charge in [0.15, 0.2) is 0 Å². The first-order valence-corrected chi connectivity index (χ1v) is 4.16. The second kappa shape index (κ2) is 4.50. The van der Waals surface area contributed by atoms with E-state index in [1.54, 1.807) is 0 Å². The Morgan fingerprint density at radius 2 is 2.00 bits per heavy atom. The second-order valence-electron chi connectivity index (χ2n) is 2.68. The molecule has 0 saturated heterocycles. The van der Waals surface area contributed by atoms with Crippen molar-refractivity contribution in [1.29, 1.82) is 0 Å². The SMILES string of the molecule is CCc1ccccc1COC(=O)O. The van der Waals surface area contributed by atoms with Crippen LogP contribution in [0.15, 0.2) is 24.3 Å². The third-order valence-corrected chi connectivity index (χ3v) is 1.85. The van der Waals surface area contributed by atoms with E-state index in [0.717, 1.165) is 17.5 Å². The van der Waals surface area contributed by atoms with Crippen LogP contribution >= 0.6 is 0 Å². The monoisotopic (exact) mass is 180 g/mol. The van der Waals surface area contributed by atoms with Crippen molar-refractivity contribution in [3.05, 3.63) is 35.4 Å². The molecule has 0 heterocycles. The van der Waals surface area contributed by atoms with Gasteiger partial charge in [-0.2, -0.15) is 0 Å². The Hall–Kier alpha value is -1.51. The third-order valence-electron chi connectivity index (χ3n) is 1.85. The summed E-state index contributed by atoms with van der Waals surface area (Å²) >= 11 is 0. The van der Waals surface area contributed by atoms with Crippen LogP contribution in [0.1, 0.15) is 18.1 Å². The second-order valence-corrected chi connectivity index (χ2v) is 2.68. The number of hydrogen-bond acceptors (Lipinski definition) is 2. The van der Waals surface area contributed by atoms with Gasteiger partial charge < -0.3 is 9.84 Å². The minimum Gasteiger partial charge on any atom is -0.450 e. The molecule has 0 unspecified atom stereocenters. The molecule has 0 saturated carbocycles. The first kappa shape index (κ1) is 9.58. The Morgan fingerprint density at radius 1 is 1.38 bits per heavy atom. The van der Waals surface area contributed by atoms with Gasteiger partial charge in [0.05, 0.1) is 0 Å². The summed E-state index contributed by atoms with van der Waals surface area (Å²) in [5.41, 5.74) is 2.07. The van der Waals surface area contributed by atoms with Crippen LogP contribution < -0.4 is 0 Å². The molecule has 13 heavy (non-hydrogen) atoms. The minimum absolute atomic E-state index is 0.138. The molecule has 1 rings (SSSR count). The molecule has 0 amide bonds. The quantitative estimate of drug-likeness (QED) is 0.726. The van der Waals surface area contributed by atoms with Gasteiger partial charge in [-0.15, -0.1) is 0 Å². The van der Waals surface area contributed by atoms with Crippen molar-refractivity contribution in [3.8, 4) is 0 Å². The average molecular weight is 180 g/mol. The molecule has 0 aliphatic heterocycles. The Balaban J connectivity index is 2.69. The predicted molar refractivity (Wildman–Crippen MR) is 48.6 cm³/mol. The van der Waals surface area contributed by atoms with Crippen LogP contribution in [0.2, 0.25) is 0 Å². The van der Waals surface area contributed by atoms with Crippen LogP contribution in [0.4, 0.5) is 4.79 Å². The minimum atomic E-state index is -1.23. The molecular weight excluding hydrogens is 168 g/mol. The Bertz CT molecular complexity index is 294. The lowest BCUT2D eigenvalue weighted by atomic mass is 10.1. The third kappa shape index (κ3) is 2.78. The summed E-state index contributed by atoms with van der Waals surface area (Å²) in [6.45, 7) is 2.17. The fourth-order valence-electron chi connectivity index (χ4n) is 1.18. The highest BCUT2D eigenvalue weighted by atomic mass is 16.7. The lowest BCUT2D eigenvalue weighted by molar-refractivity contribution is 0.0852. The molecule has 3 nitrogen and oxygen atoms in total. The maximum Gasteiger partial charge on any atom is 0.506 e. The molecule has 70 valence electrons. The van der Waals surface area contributed by atoms with Gasteiger partial charge in [-0.1, -0.05) is 31.2 Å². The van der Waals surface area contributed by atoms with Gasteiger partial charge in [-0.25, -0.2) is 4.79 Å². The van der Waals surface area contributed by atoms with Gasteiger partial charge in [0, 0.05) is 0 Å². The van der Waals surface area contributed by atoms with Gasteiger partial charge in [0.25, 0.3) is 0 Å². The fourth-order valence-corrected chi connectivity index (χ4v) is 1.18. The van der Waals surface area contributed by atoms with Gasteiger partial charge in [-0.3, -0.25) is 0 Å². The zero-order valence-electron chi connectivity index (χ0n) is 7.49. The Labute approximate surface area is 77.0 Å². The van der Waals surface area contributed by atoms with Crippen molar-refractivity contribution in [2.24, 2.45) is 0 Å². The zero-order chi connectivity index (χ0) is 9.68. The van der Waals surface area contributed by atoms with Crippen LogP contribution in [-0.2, 0) is 17.8 Å². The number of ether oxygens (including phenoxy) is 1. The van der Waals surface area contributed by atoms with E-state index in [0.29, 0.717) is 0 Å². The molecule has 1 aromatic rings. The molecule has 0 fully saturated rings. The number of hydrogen-bond donors (Lipinski definition) is 1. The van der Waals surface area contributed by atoms with Gasteiger partial charge in [-0.05, 0) is 17.5 Å². The molecule has 0 bridgehead atoms. The highest BCUT2D eigenvalue weighted by Gasteiger charge is 2.02. The fraction of sp³-hybridized carbons (Fsp3) is 0.300. The van der Waals surface area contributed by atoms with E-state index in [2.05, 4.69) is 4.74 Å². The summed E-state index contributed by atoms with van der Waals surface area (Å²) in [5, 5.41) is 8.32. The van der Waals surface area contributed by atoms with E-state index in [9.17, 15) is 4.79 Å². The standard InChI is InChI=1S/C10H12O3/c1-2-8-5-3-4-6-9(8)7-13-10(11)12/h3-6H,2,7H2,1H3,(H,11,12). The Kier molecular flexibility index (Phi) is 3.31. The van der Waals surface area contributed by atoms with Crippen LogP contribution in [-0.4, -0.2) is 11.3 Å². The van der Waals surface area contributed by atoms with E-state index in [-0.39, 0.29) is 6.61 Å². The van der Waals surface area contributed by atoms with Crippen molar-refractivity contribution in [3.63, 3.8) is 0 Å². The molecule has 0 aromatic heterocycles. The number of benzene rings is 1. The number of carbonyl (C=O) groups is 1. The van der Waals surface area contributed by atoms with E-state index < -0.39 is 6.16 Å². The predicted octanol–water partition coefficient (Wildman–Crippen LogP) is 2.44. The first-order chi connectivity index (χ1) is 6.24. The molecule has 0 aliphatic rings. The number of rotatable bonds is 3. The Morgan fingerprint density at radius 3 is 2.54 bits per heavy atom. The summed E-state index contributed by atoms with van der Waals surface area (Å²) in [5.74, 6) is 0. The van der Waals surface area contributed by atoms with E-state index in [1.807, 2.05) is 31.2 Å². The average Bonchev–Trinajstić information content (AvgIpc) is 2.15. The molecular formula is C10H12O3. The van der Waals surface area contributed by atoms with Crippen molar-refractivity contribution in [2.75, 3.05) is 0 Å². The molecule has 0 atom stereocenters. The lowest BCUT2D eigenvalue weighted by Crippen LogP contribution is -2.02. The zero-order valence-corrected chi connectivity index (χ0v) is 7.49.